The first-order chi connectivity index (χ1) is 31.9. The number of anilines is 2. The number of aliphatic imine (C=N–C) groups is 2. The molecule has 20 nitrogen and oxygen atoms in total. The first-order valence-electron chi connectivity index (χ1n) is 19.7. The van der Waals surface area contributed by atoms with Crippen LogP contribution in [0.25, 0.3) is 0 Å². The molecule has 402 valence electrons. The predicted octanol–water partition coefficient (Wildman–Crippen LogP) is 6.24. The van der Waals surface area contributed by atoms with Crippen LogP contribution >= 0.6 is 22.7 Å². The number of hydrogen-bond acceptors (Lipinski definition) is 14. The fourth-order valence-corrected chi connectivity index (χ4v) is 6.11. The summed E-state index contributed by atoms with van der Waals surface area (Å²) in [7, 11) is 0. The Labute approximate surface area is 398 Å². The number of unbranched alkanes of at least 4 members (excludes halogenated alkanes) is 7. The van der Waals surface area contributed by atoms with Crippen molar-refractivity contribution in [2.24, 2.45) is 21.5 Å². The van der Waals surface area contributed by atoms with E-state index in [0.29, 0.717) is 36.2 Å². The summed E-state index contributed by atoms with van der Waals surface area (Å²) in [6.07, 6.45) is -8.05. The van der Waals surface area contributed by atoms with Crippen LogP contribution in [0.5, 0.6) is 0 Å². The van der Waals surface area contributed by atoms with Gasteiger partial charge in [-0.25, -0.2) is 29.1 Å². The summed E-state index contributed by atoms with van der Waals surface area (Å²) < 4.78 is 127. The van der Waals surface area contributed by atoms with Gasteiger partial charge >= 0.3 is 48.6 Å². The molecule has 2 amide bonds. The average molecular weight is 1080 g/mol. The zero-order valence-electron chi connectivity index (χ0n) is 37.0. The second kappa shape index (κ2) is 34.1. The molecule has 14 N–H and O–H groups in total. The van der Waals surface area contributed by atoms with Crippen molar-refractivity contribution in [2.45, 2.75) is 128 Å². The molecule has 0 radical (unpaired) electrons. The number of aryl methyl sites for hydroxylation is 4. The Morgan fingerprint density at radius 2 is 0.714 bits per heavy atom. The van der Waals surface area contributed by atoms with Crippen LogP contribution in [0.4, 0.5) is 62.9 Å². The van der Waals surface area contributed by atoms with E-state index in [1.807, 2.05) is 13.8 Å². The number of carbonyl (C=O) groups is 6. The van der Waals surface area contributed by atoms with Crippen LogP contribution in [-0.2, 0) is 41.6 Å². The number of thiazole rings is 2. The number of nitrogen functional groups attached to an aromatic ring is 2. The summed E-state index contributed by atoms with van der Waals surface area (Å²) in [5, 5.41) is 35.0. The van der Waals surface area contributed by atoms with Crippen molar-refractivity contribution in [2.75, 3.05) is 24.6 Å². The van der Waals surface area contributed by atoms with Gasteiger partial charge < -0.3 is 43.4 Å². The number of rotatable bonds is 19. The Kier molecular flexibility index (Phi) is 33.2. The highest BCUT2D eigenvalue weighted by Crippen LogP contribution is 2.22. The zero-order valence-corrected chi connectivity index (χ0v) is 38.6. The summed E-state index contributed by atoms with van der Waals surface area (Å²) in [4.78, 5) is 78.9. The van der Waals surface area contributed by atoms with Crippen LogP contribution in [0.15, 0.2) is 9.98 Å². The fraction of sp³-hybridized carbons (Fsp3) is 0.611. The minimum Gasteiger partial charge on any atom is -0.475 e. The molecule has 0 fully saturated rings. The van der Waals surface area contributed by atoms with Crippen LogP contribution in [-0.4, -0.2) is 116 Å². The van der Waals surface area contributed by atoms with Gasteiger partial charge in [-0.3, -0.25) is 30.2 Å². The molecular weight excluding hydrogens is 1020 g/mol. The number of aliphatic carboxylic acids is 4. The molecule has 0 unspecified atom stereocenters. The highest BCUT2D eigenvalue weighted by Gasteiger charge is 2.40. The Hall–Kier alpha value is -6.22. The maximum atomic E-state index is 12.1. The molecule has 34 heteroatoms. The lowest BCUT2D eigenvalue weighted by atomic mass is 10.1. The fourth-order valence-electron chi connectivity index (χ4n) is 4.36. The number of alkyl halides is 12. The van der Waals surface area contributed by atoms with Crippen molar-refractivity contribution < 1.29 is 102 Å². The van der Waals surface area contributed by atoms with Gasteiger partial charge in [-0.1, -0.05) is 38.5 Å². The number of carboxylic acid groups (broad SMARTS) is 4. The Morgan fingerprint density at radius 1 is 0.486 bits per heavy atom. The van der Waals surface area contributed by atoms with Gasteiger partial charge in [0.15, 0.2) is 22.2 Å². The Balaban J connectivity index is -0.00000128. The van der Waals surface area contributed by atoms with Crippen molar-refractivity contribution in [1.82, 2.24) is 20.6 Å². The highest BCUT2D eigenvalue weighted by atomic mass is 32.1. The second-order valence-corrected chi connectivity index (χ2v) is 15.7. The van der Waals surface area contributed by atoms with Gasteiger partial charge in [-0.15, -0.1) is 22.7 Å². The molecule has 2 aromatic heterocycles. The highest BCUT2D eigenvalue weighted by molar-refractivity contribution is 7.15. The van der Waals surface area contributed by atoms with Crippen LogP contribution in [0.1, 0.15) is 98.2 Å². The van der Waals surface area contributed by atoms with E-state index < -0.39 is 48.6 Å². The normalized spacial score (nSPS) is 11.7. The molecule has 0 atom stereocenters. The van der Waals surface area contributed by atoms with Crippen LogP contribution in [0.2, 0.25) is 0 Å². The van der Waals surface area contributed by atoms with E-state index in [-0.39, 0.29) is 23.7 Å². The smallest absolute Gasteiger partial charge is 0.475 e. The number of nitrogens with one attached hydrogen (secondary N) is 2. The molecule has 0 saturated carbocycles. The lowest BCUT2D eigenvalue weighted by Crippen LogP contribution is -2.36. The van der Waals surface area contributed by atoms with Gasteiger partial charge in [0.05, 0.1) is 11.4 Å². The number of aromatic nitrogens is 2. The third kappa shape index (κ3) is 38.7. The monoisotopic (exact) mass is 1080 g/mol. The summed E-state index contributed by atoms with van der Waals surface area (Å²) in [5.41, 5.74) is 25.0. The Morgan fingerprint density at radius 3 is 0.914 bits per heavy atom. The predicted molar refractivity (Wildman–Crippen MR) is 229 cm³/mol. The minimum absolute atomic E-state index is 0.0945. The molecule has 2 aromatic rings. The van der Waals surface area contributed by atoms with Crippen molar-refractivity contribution in [3.63, 3.8) is 0 Å². The first-order valence-corrected chi connectivity index (χ1v) is 21.4. The molecule has 70 heavy (non-hydrogen) atoms. The number of nitrogens with zero attached hydrogens (tertiary/aromatic N) is 4. The molecule has 2 heterocycles. The van der Waals surface area contributed by atoms with Gasteiger partial charge in [0.25, 0.3) is 0 Å². The van der Waals surface area contributed by atoms with Crippen molar-refractivity contribution >= 4 is 80.5 Å². The number of amides is 2. The van der Waals surface area contributed by atoms with Gasteiger partial charge in [-0.05, 0) is 52.4 Å². The van der Waals surface area contributed by atoms with Crippen molar-refractivity contribution in [1.29, 1.82) is 0 Å². The quantitative estimate of drug-likeness (QED) is 0.0322. The third-order valence-electron chi connectivity index (χ3n) is 7.57. The van der Waals surface area contributed by atoms with E-state index in [9.17, 15) is 62.3 Å². The van der Waals surface area contributed by atoms with Crippen LogP contribution < -0.4 is 33.6 Å². The second-order valence-electron chi connectivity index (χ2n) is 13.5. The van der Waals surface area contributed by atoms with E-state index in [2.05, 4.69) is 30.6 Å². The number of carboxylic acids is 4. The van der Waals surface area contributed by atoms with E-state index in [1.54, 1.807) is 0 Å². The molecule has 0 bridgehead atoms. The molecule has 0 saturated heterocycles. The topological polar surface area (TPSA) is 362 Å². The summed E-state index contributed by atoms with van der Waals surface area (Å²) in [6, 6.07) is 0. The molecule has 0 aliphatic heterocycles. The van der Waals surface area contributed by atoms with E-state index in [4.69, 9.17) is 62.5 Å². The standard InChI is InChI=1S/C28H48N10O2S2.4C2HF3O2/c1-19-21(41-27(31)35-19)13-11-17-33-25(29)37-23(39)15-9-7-5-3-4-6-8-10-16-24(40)38-26(30)34-18-12-14-22-20(2)36-28(32)42-22;4*3-2(4,5)1(6)7/h3-18H2,1-2H3,(H2,31,35)(H2,32,36)(H3,29,33,37,39)(H3,30,34,38,40);4*(H,6,7). The number of guanidine groups is 2. The molecule has 0 spiro atoms. The summed E-state index contributed by atoms with van der Waals surface area (Å²) in [6.45, 7) is 4.99. The third-order valence-corrected chi connectivity index (χ3v) is 9.66. The minimum atomic E-state index is -5.08. The van der Waals surface area contributed by atoms with E-state index in [0.717, 1.165) is 98.2 Å². The molecule has 0 aliphatic carbocycles. The van der Waals surface area contributed by atoms with Gasteiger partial charge in [0.2, 0.25) is 11.8 Å². The SMILES string of the molecule is Cc1nc(N)sc1CCCN=C(N)NC(=O)CCCCCCCCCCC(=O)NC(N)=NCCCc1sc(N)nc1C.O=C(O)C(F)(F)F.O=C(O)C(F)(F)F.O=C(O)C(F)(F)F.O=C(O)C(F)(F)F. The van der Waals surface area contributed by atoms with Gasteiger partial charge in [0.1, 0.15) is 0 Å². The molecule has 0 aromatic carbocycles. The largest absolute Gasteiger partial charge is 0.490 e. The van der Waals surface area contributed by atoms with Crippen molar-refractivity contribution in [3.05, 3.63) is 21.1 Å². The number of halogens is 12. The summed E-state index contributed by atoms with van der Waals surface area (Å²) in [5.74, 6) is -10.9. The zero-order chi connectivity index (χ0) is 55.1. The molecular formula is C36H52F12N10O10S2. The van der Waals surface area contributed by atoms with Gasteiger partial charge in [-0.2, -0.15) is 52.7 Å². The first kappa shape index (κ1) is 68.0. The van der Waals surface area contributed by atoms with E-state index in [1.165, 1.54) is 22.7 Å². The van der Waals surface area contributed by atoms with Crippen LogP contribution in [0, 0.1) is 13.8 Å². The molecule has 2 rings (SSSR count). The summed E-state index contributed by atoms with van der Waals surface area (Å²) >= 11 is 3.00. The van der Waals surface area contributed by atoms with Crippen LogP contribution in [0.3, 0.4) is 0 Å². The number of carbonyl (C=O) groups excluding carboxylic acids is 2. The van der Waals surface area contributed by atoms with Gasteiger partial charge in [0, 0.05) is 35.7 Å². The lowest BCUT2D eigenvalue weighted by Gasteiger charge is -2.06. The van der Waals surface area contributed by atoms with Crippen molar-refractivity contribution in [3.8, 4) is 0 Å². The average Bonchev–Trinajstić information content (AvgIpc) is 3.71. The van der Waals surface area contributed by atoms with E-state index >= 15 is 0 Å². The number of nitrogens with two attached hydrogens (primary N) is 4. The lowest BCUT2D eigenvalue weighted by molar-refractivity contribution is -0.193. The number of hydrogen-bond donors (Lipinski definition) is 10. The maximum Gasteiger partial charge on any atom is 0.490 e. The Bertz CT molecular complexity index is 1810. The molecule has 0 aliphatic rings. The maximum absolute atomic E-state index is 12.1.